The van der Waals surface area contributed by atoms with Crippen LogP contribution in [0.25, 0.3) is 0 Å². The molecule has 0 aliphatic carbocycles. The number of sulfonamides is 1. The molecule has 0 saturated carbocycles. The summed E-state index contributed by atoms with van der Waals surface area (Å²) in [5.74, 6) is -0.0566. The highest BCUT2D eigenvalue weighted by atomic mass is 79.9. The Balaban J connectivity index is 2.23. The lowest BCUT2D eigenvalue weighted by molar-refractivity contribution is 0.600. The van der Waals surface area contributed by atoms with Crippen LogP contribution < -0.4 is 10.0 Å². The SMILES string of the molecule is CCNCc1cc(S(=O)(=O)Nc2nccnn2)c(Br)s1. The third-order valence-corrected chi connectivity index (χ3v) is 5.83. The zero-order chi connectivity index (χ0) is 14.6. The second-order valence-electron chi connectivity index (χ2n) is 3.70. The molecule has 0 aromatic carbocycles. The van der Waals surface area contributed by atoms with Crippen molar-refractivity contribution in [3.8, 4) is 0 Å². The molecule has 0 radical (unpaired) electrons. The van der Waals surface area contributed by atoms with Gasteiger partial charge in [0.25, 0.3) is 16.0 Å². The van der Waals surface area contributed by atoms with Crippen molar-refractivity contribution in [2.45, 2.75) is 18.4 Å². The first-order valence-electron chi connectivity index (χ1n) is 5.68. The zero-order valence-electron chi connectivity index (χ0n) is 10.5. The van der Waals surface area contributed by atoms with E-state index in [1.54, 1.807) is 6.07 Å². The Hall–Kier alpha value is -1.10. The molecule has 0 bridgehead atoms. The molecule has 2 aromatic rings. The van der Waals surface area contributed by atoms with Crippen LogP contribution in [-0.4, -0.2) is 30.1 Å². The molecule has 0 aliphatic heterocycles. The molecule has 2 aromatic heterocycles. The fourth-order valence-corrected chi connectivity index (χ4v) is 4.99. The molecule has 2 N–H and O–H groups in total. The van der Waals surface area contributed by atoms with E-state index in [1.165, 1.54) is 23.7 Å². The highest BCUT2D eigenvalue weighted by molar-refractivity contribution is 9.11. The van der Waals surface area contributed by atoms with Crippen molar-refractivity contribution in [3.05, 3.63) is 27.1 Å². The molecule has 0 unspecified atom stereocenters. The Morgan fingerprint density at radius 3 is 2.85 bits per heavy atom. The fraction of sp³-hybridized carbons (Fsp3) is 0.300. The lowest BCUT2D eigenvalue weighted by Gasteiger charge is -2.03. The second kappa shape index (κ2) is 6.57. The minimum Gasteiger partial charge on any atom is -0.312 e. The Morgan fingerprint density at radius 2 is 2.20 bits per heavy atom. The molecule has 0 spiro atoms. The summed E-state index contributed by atoms with van der Waals surface area (Å²) >= 11 is 4.64. The van der Waals surface area contributed by atoms with Crippen LogP contribution in [0.2, 0.25) is 0 Å². The van der Waals surface area contributed by atoms with Crippen LogP contribution in [0.3, 0.4) is 0 Å². The number of thiophene rings is 1. The smallest absolute Gasteiger partial charge is 0.266 e. The first kappa shape index (κ1) is 15.3. The first-order chi connectivity index (χ1) is 9.53. The van der Waals surface area contributed by atoms with Crippen LogP contribution >= 0.6 is 27.3 Å². The van der Waals surface area contributed by atoms with Gasteiger partial charge in [-0.05, 0) is 28.5 Å². The van der Waals surface area contributed by atoms with Crippen molar-refractivity contribution >= 4 is 43.2 Å². The van der Waals surface area contributed by atoms with E-state index in [9.17, 15) is 8.42 Å². The molecular formula is C10H12BrN5O2S2. The third kappa shape index (κ3) is 3.72. The number of nitrogens with zero attached hydrogens (tertiary/aromatic N) is 3. The van der Waals surface area contributed by atoms with Gasteiger partial charge in [0.15, 0.2) is 0 Å². The number of halogens is 1. The highest BCUT2D eigenvalue weighted by Crippen LogP contribution is 2.32. The highest BCUT2D eigenvalue weighted by Gasteiger charge is 2.22. The summed E-state index contributed by atoms with van der Waals surface area (Å²) in [6.07, 6.45) is 2.73. The van der Waals surface area contributed by atoms with Crippen molar-refractivity contribution in [1.82, 2.24) is 20.5 Å². The second-order valence-corrected chi connectivity index (χ2v) is 7.81. The Labute approximate surface area is 129 Å². The molecule has 7 nitrogen and oxygen atoms in total. The van der Waals surface area contributed by atoms with Crippen molar-refractivity contribution in [2.75, 3.05) is 11.3 Å². The van der Waals surface area contributed by atoms with Gasteiger partial charge in [-0.2, -0.15) is 5.10 Å². The maximum Gasteiger partial charge on any atom is 0.266 e. The lowest BCUT2D eigenvalue weighted by Crippen LogP contribution is -2.15. The van der Waals surface area contributed by atoms with Crippen LogP contribution in [0.4, 0.5) is 5.95 Å². The van der Waals surface area contributed by atoms with Gasteiger partial charge in [-0.25, -0.2) is 18.1 Å². The Morgan fingerprint density at radius 1 is 1.40 bits per heavy atom. The average molecular weight is 378 g/mol. The monoisotopic (exact) mass is 377 g/mol. The Kier molecular flexibility index (Phi) is 5.02. The summed E-state index contributed by atoms with van der Waals surface area (Å²) < 4.78 is 27.3. The van der Waals surface area contributed by atoms with E-state index in [0.29, 0.717) is 10.3 Å². The number of hydrogen-bond acceptors (Lipinski definition) is 7. The molecule has 0 atom stereocenters. The lowest BCUT2D eigenvalue weighted by atomic mass is 10.4. The van der Waals surface area contributed by atoms with E-state index in [0.717, 1.165) is 11.4 Å². The maximum absolute atomic E-state index is 12.2. The standard InChI is InChI=1S/C10H12BrN5O2S2/c1-2-12-6-7-5-8(9(11)19-7)20(17,18)16-10-13-3-4-14-15-10/h3-5,12H,2,6H2,1H3,(H,13,15,16). The molecule has 10 heteroatoms. The van der Waals surface area contributed by atoms with Gasteiger partial charge in [0.05, 0.1) is 16.2 Å². The molecule has 2 rings (SSSR count). The molecule has 0 amide bonds. The van der Waals surface area contributed by atoms with E-state index < -0.39 is 10.0 Å². The summed E-state index contributed by atoms with van der Waals surface area (Å²) in [5.41, 5.74) is 0. The number of rotatable bonds is 6. The minimum atomic E-state index is -3.73. The third-order valence-electron chi connectivity index (χ3n) is 2.25. The molecule has 0 saturated heterocycles. The van der Waals surface area contributed by atoms with E-state index >= 15 is 0 Å². The average Bonchev–Trinajstić information content (AvgIpc) is 2.79. The largest absolute Gasteiger partial charge is 0.312 e. The number of aromatic nitrogens is 3. The molecule has 108 valence electrons. The van der Waals surface area contributed by atoms with Crippen LogP contribution in [0.1, 0.15) is 11.8 Å². The van der Waals surface area contributed by atoms with E-state index in [2.05, 4.69) is 41.2 Å². The molecule has 0 fully saturated rings. The van der Waals surface area contributed by atoms with E-state index in [-0.39, 0.29) is 10.8 Å². The van der Waals surface area contributed by atoms with Gasteiger partial charge in [-0.15, -0.1) is 16.4 Å². The van der Waals surface area contributed by atoms with Crippen LogP contribution in [0, 0.1) is 0 Å². The van der Waals surface area contributed by atoms with Crippen molar-refractivity contribution < 1.29 is 8.42 Å². The quantitative estimate of drug-likeness (QED) is 0.793. The molecule has 2 heterocycles. The number of hydrogen-bond donors (Lipinski definition) is 2. The predicted octanol–water partition coefficient (Wildman–Crippen LogP) is 1.61. The van der Waals surface area contributed by atoms with Crippen LogP contribution in [-0.2, 0) is 16.6 Å². The van der Waals surface area contributed by atoms with Crippen LogP contribution in [0.15, 0.2) is 27.1 Å². The van der Waals surface area contributed by atoms with Crippen molar-refractivity contribution in [3.63, 3.8) is 0 Å². The number of anilines is 1. The fourth-order valence-electron chi connectivity index (χ4n) is 1.39. The van der Waals surface area contributed by atoms with Gasteiger partial charge in [-0.1, -0.05) is 6.92 Å². The van der Waals surface area contributed by atoms with Crippen LogP contribution in [0.5, 0.6) is 0 Å². The van der Waals surface area contributed by atoms with Crippen molar-refractivity contribution in [2.24, 2.45) is 0 Å². The molecule has 0 aliphatic rings. The van der Waals surface area contributed by atoms with Gasteiger partial charge < -0.3 is 5.32 Å². The Bertz CT molecular complexity index is 674. The molecular weight excluding hydrogens is 366 g/mol. The first-order valence-corrected chi connectivity index (χ1v) is 8.77. The van der Waals surface area contributed by atoms with Gasteiger partial charge >= 0.3 is 0 Å². The number of nitrogens with one attached hydrogen (secondary N) is 2. The maximum atomic E-state index is 12.2. The molecule has 20 heavy (non-hydrogen) atoms. The summed E-state index contributed by atoms with van der Waals surface area (Å²) in [6, 6.07) is 1.62. The minimum absolute atomic E-state index is 0.0566. The summed E-state index contributed by atoms with van der Waals surface area (Å²) in [5, 5.41) is 10.3. The van der Waals surface area contributed by atoms with Crippen molar-refractivity contribution in [1.29, 1.82) is 0 Å². The van der Waals surface area contributed by atoms with E-state index in [4.69, 9.17) is 0 Å². The summed E-state index contributed by atoms with van der Waals surface area (Å²) in [7, 11) is -3.73. The predicted molar refractivity (Wildman–Crippen MR) is 80.0 cm³/mol. The van der Waals surface area contributed by atoms with Gasteiger partial charge in [0.1, 0.15) is 4.90 Å². The van der Waals surface area contributed by atoms with Gasteiger partial charge in [-0.3, -0.25) is 0 Å². The zero-order valence-corrected chi connectivity index (χ0v) is 13.7. The summed E-state index contributed by atoms with van der Waals surface area (Å²) in [4.78, 5) is 4.88. The topological polar surface area (TPSA) is 96.9 Å². The van der Waals surface area contributed by atoms with Gasteiger partial charge in [0.2, 0.25) is 0 Å². The summed E-state index contributed by atoms with van der Waals surface area (Å²) in [6.45, 7) is 3.43. The van der Waals surface area contributed by atoms with E-state index in [1.807, 2.05) is 6.92 Å². The normalized spacial score (nSPS) is 11.5. The van der Waals surface area contributed by atoms with Gasteiger partial charge in [0, 0.05) is 11.4 Å².